The molecule has 174 valence electrons. The van der Waals surface area contributed by atoms with Crippen molar-refractivity contribution in [3.63, 3.8) is 0 Å². The second kappa shape index (κ2) is 10.8. The maximum Gasteiger partial charge on any atom is 0.254 e. The summed E-state index contributed by atoms with van der Waals surface area (Å²) in [6.07, 6.45) is 4.09. The zero-order valence-electron chi connectivity index (χ0n) is 18.2. The average Bonchev–Trinajstić information content (AvgIpc) is 3.25. The maximum atomic E-state index is 12.3. The molecule has 6 amide bonds. The summed E-state index contributed by atoms with van der Waals surface area (Å²) in [6, 6.07) is -1.89. The molecule has 0 aromatic heterocycles. The molecule has 0 saturated heterocycles. The maximum absolute atomic E-state index is 12.3. The first-order chi connectivity index (χ1) is 15.0. The number of imide groups is 2. The van der Waals surface area contributed by atoms with Gasteiger partial charge in [0, 0.05) is 50.5 Å². The number of hydrogen-bond acceptors (Lipinski definition) is 8. The number of amides is 6. The molecule has 4 N–H and O–H groups in total. The van der Waals surface area contributed by atoms with Crippen molar-refractivity contribution in [2.75, 3.05) is 26.2 Å². The van der Waals surface area contributed by atoms with E-state index in [1.807, 2.05) is 0 Å². The second-order valence-corrected chi connectivity index (χ2v) is 7.47. The SMILES string of the molecule is CC(N)N(CCNC(=O)C(C)N1C(=O)C=CC1=O)CCNC(=O)C(C)N1C(=O)C=CC1=O. The van der Waals surface area contributed by atoms with Gasteiger partial charge in [0.2, 0.25) is 11.8 Å². The molecule has 2 aliphatic rings. The molecule has 12 heteroatoms. The predicted molar refractivity (Wildman–Crippen MR) is 112 cm³/mol. The number of rotatable bonds is 11. The highest BCUT2D eigenvalue weighted by Gasteiger charge is 2.33. The molecule has 2 rings (SSSR count). The van der Waals surface area contributed by atoms with Crippen LogP contribution in [0.3, 0.4) is 0 Å². The van der Waals surface area contributed by atoms with Gasteiger partial charge in [-0.15, -0.1) is 0 Å². The van der Waals surface area contributed by atoms with Crippen LogP contribution in [0, 0.1) is 0 Å². The summed E-state index contributed by atoms with van der Waals surface area (Å²) in [5, 5.41) is 5.33. The molecule has 2 heterocycles. The van der Waals surface area contributed by atoms with Crippen molar-refractivity contribution in [3.05, 3.63) is 24.3 Å². The highest BCUT2D eigenvalue weighted by molar-refractivity contribution is 6.15. The first-order valence-corrected chi connectivity index (χ1v) is 10.2. The zero-order valence-corrected chi connectivity index (χ0v) is 18.2. The van der Waals surface area contributed by atoms with E-state index in [0.29, 0.717) is 13.1 Å². The Bertz CT molecular complexity index is 765. The number of carbonyl (C=O) groups excluding carboxylic acids is 6. The van der Waals surface area contributed by atoms with Crippen molar-refractivity contribution >= 4 is 35.4 Å². The van der Waals surface area contributed by atoms with Gasteiger partial charge >= 0.3 is 0 Å². The van der Waals surface area contributed by atoms with Crippen LogP contribution in [0.2, 0.25) is 0 Å². The minimum atomic E-state index is -0.944. The van der Waals surface area contributed by atoms with E-state index in [4.69, 9.17) is 5.73 Å². The van der Waals surface area contributed by atoms with Crippen LogP contribution in [-0.2, 0) is 28.8 Å². The van der Waals surface area contributed by atoms with Gasteiger partial charge in [-0.05, 0) is 20.8 Å². The summed E-state index contributed by atoms with van der Waals surface area (Å²) in [7, 11) is 0. The molecular formula is C20H28N6O6. The summed E-state index contributed by atoms with van der Waals surface area (Å²) in [6.45, 7) is 5.80. The Balaban J connectivity index is 1.75. The molecule has 0 aromatic carbocycles. The summed E-state index contributed by atoms with van der Waals surface area (Å²) in [5.41, 5.74) is 5.95. The van der Waals surface area contributed by atoms with Crippen LogP contribution < -0.4 is 16.4 Å². The van der Waals surface area contributed by atoms with Gasteiger partial charge in [-0.3, -0.25) is 43.5 Å². The minimum absolute atomic E-state index is 0.209. The largest absolute Gasteiger partial charge is 0.353 e. The third-order valence-electron chi connectivity index (χ3n) is 5.19. The van der Waals surface area contributed by atoms with Crippen molar-refractivity contribution in [3.8, 4) is 0 Å². The van der Waals surface area contributed by atoms with Gasteiger partial charge < -0.3 is 16.4 Å². The Morgan fingerprint density at radius 2 is 1.09 bits per heavy atom. The Morgan fingerprint density at radius 1 is 0.781 bits per heavy atom. The van der Waals surface area contributed by atoms with Gasteiger partial charge in [-0.1, -0.05) is 0 Å². The predicted octanol–water partition coefficient (Wildman–Crippen LogP) is -2.55. The van der Waals surface area contributed by atoms with E-state index in [1.54, 1.807) is 11.8 Å². The van der Waals surface area contributed by atoms with E-state index in [0.717, 1.165) is 34.1 Å². The first kappa shape index (κ1) is 24.9. The lowest BCUT2D eigenvalue weighted by atomic mass is 10.2. The van der Waals surface area contributed by atoms with Gasteiger partial charge in [0.25, 0.3) is 23.6 Å². The molecule has 12 nitrogen and oxygen atoms in total. The summed E-state index contributed by atoms with van der Waals surface area (Å²) in [4.78, 5) is 74.8. The standard InChI is InChI=1S/C20H28N6O6/c1-12(25-15(27)4-5-16(25)28)19(31)22-8-10-24(14(3)21)11-9-23-20(32)13(2)26-17(29)6-7-18(26)30/h4-7,12-14H,8-11,21H2,1-3H3,(H,22,31)(H,23,32). The molecule has 2 aliphatic heterocycles. The number of nitrogens with two attached hydrogens (primary N) is 1. The molecule has 0 bridgehead atoms. The quantitative estimate of drug-likeness (QED) is 0.230. The van der Waals surface area contributed by atoms with E-state index >= 15 is 0 Å². The highest BCUT2D eigenvalue weighted by atomic mass is 16.2. The normalized spacial score (nSPS) is 18.5. The first-order valence-electron chi connectivity index (χ1n) is 10.2. The van der Waals surface area contributed by atoms with E-state index in [-0.39, 0.29) is 19.3 Å². The van der Waals surface area contributed by atoms with Gasteiger partial charge in [0.15, 0.2) is 0 Å². The van der Waals surface area contributed by atoms with Gasteiger partial charge in [0.05, 0.1) is 6.17 Å². The Kier molecular flexibility index (Phi) is 8.38. The molecule has 0 spiro atoms. The van der Waals surface area contributed by atoms with E-state index in [1.165, 1.54) is 13.8 Å². The molecule has 0 fully saturated rings. The Hall–Kier alpha value is -3.38. The molecule has 0 aliphatic carbocycles. The third kappa shape index (κ3) is 5.86. The van der Waals surface area contributed by atoms with Crippen molar-refractivity contribution in [1.82, 2.24) is 25.3 Å². The van der Waals surface area contributed by atoms with Gasteiger partial charge in [-0.2, -0.15) is 0 Å². The van der Waals surface area contributed by atoms with Crippen LogP contribution >= 0.6 is 0 Å². The lowest BCUT2D eigenvalue weighted by molar-refractivity contribution is -0.145. The van der Waals surface area contributed by atoms with Gasteiger partial charge in [-0.25, -0.2) is 0 Å². The molecule has 0 saturated carbocycles. The fourth-order valence-electron chi connectivity index (χ4n) is 3.28. The van der Waals surface area contributed by atoms with Crippen molar-refractivity contribution in [1.29, 1.82) is 0 Å². The van der Waals surface area contributed by atoms with E-state index in [9.17, 15) is 28.8 Å². The smallest absolute Gasteiger partial charge is 0.254 e. The number of carbonyl (C=O) groups is 6. The van der Waals surface area contributed by atoms with E-state index in [2.05, 4.69) is 10.6 Å². The molecule has 3 unspecified atom stereocenters. The molecule has 32 heavy (non-hydrogen) atoms. The fraction of sp³-hybridized carbons (Fsp3) is 0.500. The third-order valence-corrected chi connectivity index (χ3v) is 5.19. The lowest BCUT2D eigenvalue weighted by Crippen LogP contribution is -2.52. The van der Waals surface area contributed by atoms with Crippen molar-refractivity contribution < 1.29 is 28.8 Å². The van der Waals surface area contributed by atoms with Crippen molar-refractivity contribution in [2.24, 2.45) is 5.73 Å². The molecule has 0 radical (unpaired) electrons. The van der Waals surface area contributed by atoms with Gasteiger partial charge in [0.1, 0.15) is 12.1 Å². The number of nitrogens with zero attached hydrogens (tertiary/aromatic N) is 3. The highest BCUT2D eigenvalue weighted by Crippen LogP contribution is 2.10. The van der Waals surface area contributed by atoms with Crippen LogP contribution in [0.15, 0.2) is 24.3 Å². The topological polar surface area (TPSA) is 162 Å². The summed E-state index contributed by atoms with van der Waals surface area (Å²) < 4.78 is 0. The molecule has 0 aromatic rings. The van der Waals surface area contributed by atoms with Crippen LogP contribution in [0.4, 0.5) is 0 Å². The number of nitrogens with one attached hydrogen (secondary N) is 2. The lowest BCUT2D eigenvalue weighted by Gasteiger charge is -2.28. The minimum Gasteiger partial charge on any atom is -0.353 e. The average molecular weight is 448 g/mol. The van der Waals surface area contributed by atoms with Crippen LogP contribution in [0.1, 0.15) is 20.8 Å². The zero-order chi connectivity index (χ0) is 24.0. The number of hydrogen-bond donors (Lipinski definition) is 3. The van der Waals surface area contributed by atoms with Crippen molar-refractivity contribution in [2.45, 2.75) is 39.0 Å². The summed E-state index contributed by atoms with van der Waals surface area (Å²) in [5.74, 6) is -3.09. The van der Waals surface area contributed by atoms with Crippen LogP contribution in [-0.4, -0.2) is 94.6 Å². The molecule has 3 atom stereocenters. The Labute approximate surface area is 185 Å². The Morgan fingerprint density at radius 3 is 1.38 bits per heavy atom. The van der Waals surface area contributed by atoms with Crippen LogP contribution in [0.5, 0.6) is 0 Å². The van der Waals surface area contributed by atoms with E-state index < -0.39 is 47.5 Å². The monoisotopic (exact) mass is 448 g/mol. The molecular weight excluding hydrogens is 420 g/mol. The summed E-state index contributed by atoms with van der Waals surface area (Å²) >= 11 is 0. The fourth-order valence-corrected chi connectivity index (χ4v) is 3.28. The van der Waals surface area contributed by atoms with Crippen LogP contribution in [0.25, 0.3) is 0 Å². The second-order valence-electron chi connectivity index (χ2n) is 7.47.